The fraction of sp³-hybridized carbons (Fsp3) is 0.950. The van der Waals surface area contributed by atoms with Gasteiger partial charge in [-0.2, -0.15) is 0 Å². The highest BCUT2D eigenvalue weighted by Crippen LogP contribution is 2.19. The average Bonchev–Trinajstić information content (AvgIpc) is 2.86. The van der Waals surface area contributed by atoms with Gasteiger partial charge in [0.05, 0.1) is 0 Å². The number of rotatable bonds is 7. The minimum absolute atomic E-state index is 0. The number of likely N-dealkylation sites (tertiary alicyclic amines) is 1. The van der Waals surface area contributed by atoms with E-state index in [2.05, 4.69) is 51.2 Å². The third-order valence-corrected chi connectivity index (χ3v) is 5.88. The second kappa shape index (κ2) is 13.2. The van der Waals surface area contributed by atoms with E-state index in [9.17, 15) is 0 Å². The van der Waals surface area contributed by atoms with Crippen molar-refractivity contribution < 1.29 is 0 Å². The molecule has 6 nitrogen and oxygen atoms in total. The summed E-state index contributed by atoms with van der Waals surface area (Å²) < 4.78 is 0. The lowest BCUT2D eigenvalue weighted by Crippen LogP contribution is -2.55. The molecular formula is C20H43IN6. The van der Waals surface area contributed by atoms with Crippen LogP contribution in [0.5, 0.6) is 0 Å². The van der Waals surface area contributed by atoms with Gasteiger partial charge in [0.1, 0.15) is 0 Å². The molecule has 2 aliphatic rings. The summed E-state index contributed by atoms with van der Waals surface area (Å²) in [6, 6.07) is 0. The first kappa shape index (κ1) is 24.9. The van der Waals surface area contributed by atoms with Crippen molar-refractivity contribution in [2.24, 2.45) is 4.99 Å². The van der Waals surface area contributed by atoms with Crippen molar-refractivity contribution in [2.45, 2.75) is 51.5 Å². The Morgan fingerprint density at radius 3 is 2.37 bits per heavy atom. The summed E-state index contributed by atoms with van der Waals surface area (Å²) in [5, 5.41) is 7.03. The Balaban J connectivity index is 0.00000364. The lowest BCUT2D eigenvalue weighted by Gasteiger charge is -2.41. The summed E-state index contributed by atoms with van der Waals surface area (Å²) in [6.45, 7) is 15.1. The van der Waals surface area contributed by atoms with Crippen LogP contribution in [0.15, 0.2) is 4.99 Å². The van der Waals surface area contributed by atoms with Crippen LogP contribution in [0.25, 0.3) is 0 Å². The quantitative estimate of drug-likeness (QED) is 0.246. The van der Waals surface area contributed by atoms with E-state index in [4.69, 9.17) is 0 Å². The molecular weight excluding hydrogens is 451 g/mol. The second-order valence-electron chi connectivity index (χ2n) is 8.56. The van der Waals surface area contributed by atoms with Gasteiger partial charge in [0.25, 0.3) is 0 Å². The summed E-state index contributed by atoms with van der Waals surface area (Å²) in [6.07, 6.45) is 6.51. The number of nitrogens with one attached hydrogen (secondary N) is 2. The van der Waals surface area contributed by atoms with Crippen LogP contribution in [0.1, 0.15) is 46.0 Å². The highest BCUT2D eigenvalue weighted by molar-refractivity contribution is 14.0. The molecule has 2 N–H and O–H groups in total. The first-order valence-corrected chi connectivity index (χ1v) is 10.6. The third-order valence-electron chi connectivity index (χ3n) is 5.88. The number of nitrogens with zero attached hydrogens (tertiary/aromatic N) is 4. The van der Waals surface area contributed by atoms with E-state index in [-0.39, 0.29) is 29.5 Å². The Kier molecular flexibility index (Phi) is 12.2. The number of piperidine rings is 1. The summed E-state index contributed by atoms with van der Waals surface area (Å²) in [4.78, 5) is 12.1. The van der Waals surface area contributed by atoms with Crippen molar-refractivity contribution in [3.8, 4) is 0 Å². The van der Waals surface area contributed by atoms with Crippen LogP contribution in [-0.4, -0.2) is 99.2 Å². The Bertz CT molecular complexity index is 423. The van der Waals surface area contributed by atoms with Crippen LogP contribution in [0.4, 0.5) is 0 Å². The van der Waals surface area contributed by atoms with Crippen LogP contribution in [0.3, 0.4) is 0 Å². The topological polar surface area (TPSA) is 46.1 Å². The largest absolute Gasteiger partial charge is 0.356 e. The molecule has 2 saturated heterocycles. The standard InChI is InChI=1S/C20H42N6.HI/c1-20(2,26-14-6-5-7-15-26)18-23-19(21-3)22-10-8-12-25-13-9-11-24(4)16-17-25;/h5-18H2,1-4H3,(H2,21,22,23);1H. The molecule has 0 amide bonds. The zero-order valence-corrected chi connectivity index (χ0v) is 20.4. The Hall–Kier alpha value is -0.120. The fourth-order valence-electron chi connectivity index (χ4n) is 3.96. The smallest absolute Gasteiger partial charge is 0.191 e. The molecule has 27 heavy (non-hydrogen) atoms. The molecule has 0 bridgehead atoms. The van der Waals surface area contributed by atoms with Crippen LogP contribution >= 0.6 is 24.0 Å². The number of hydrogen-bond donors (Lipinski definition) is 2. The van der Waals surface area contributed by atoms with Crippen molar-refractivity contribution in [3.05, 3.63) is 0 Å². The minimum Gasteiger partial charge on any atom is -0.356 e. The van der Waals surface area contributed by atoms with Crippen LogP contribution in [0, 0.1) is 0 Å². The Morgan fingerprint density at radius 2 is 1.67 bits per heavy atom. The monoisotopic (exact) mass is 494 g/mol. The SMILES string of the molecule is CN=C(NCCCN1CCCN(C)CC1)NCC(C)(C)N1CCCCC1.I. The maximum atomic E-state index is 4.40. The molecule has 2 aliphatic heterocycles. The highest BCUT2D eigenvalue weighted by atomic mass is 127. The van der Waals surface area contributed by atoms with Gasteiger partial charge in [-0.25, -0.2) is 0 Å². The molecule has 7 heteroatoms. The van der Waals surface area contributed by atoms with Crippen molar-refractivity contribution in [1.29, 1.82) is 0 Å². The molecule has 2 heterocycles. The predicted octanol–water partition coefficient (Wildman–Crippen LogP) is 2.06. The molecule has 0 radical (unpaired) electrons. The number of likely N-dealkylation sites (N-methyl/N-ethyl adjacent to an activating group) is 1. The normalized spacial score (nSPS) is 21.4. The van der Waals surface area contributed by atoms with Gasteiger partial charge in [-0.3, -0.25) is 9.89 Å². The lowest BCUT2D eigenvalue weighted by molar-refractivity contribution is 0.0982. The van der Waals surface area contributed by atoms with Gasteiger partial charge in [0.2, 0.25) is 0 Å². The van der Waals surface area contributed by atoms with E-state index in [1.54, 1.807) is 0 Å². The summed E-state index contributed by atoms with van der Waals surface area (Å²) in [5.74, 6) is 0.936. The molecule has 0 aromatic heterocycles. The van der Waals surface area contributed by atoms with Gasteiger partial charge in [0.15, 0.2) is 5.96 Å². The zero-order chi connectivity index (χ0) is 18.8. The van der Waals surface area contributed by atoms with E-state index in [0.717, 1.165) is 19.0 Å². The van der Waals surface area contributed by atoms with Crippen LogP contribution in [-0.2, 0) is 0 Å². The lowest BCUT2D eigenvalue weighted by atomic mass is 9.98. The molecule has 0 atom stereocenters. The van der Waals surface area contributed by atoms with E-state index in [1.807, 2.05) is 7.05 Å². The number of guanidine groups is 1. The predicted molar refractivity (Wildman–Crippen MR) is 127 cm³/mol. The van der Waals surface area contributed by atoms with Crippen LogP contribution < -0.4 is 10.6 Å². The number of hydrogen-bond acceptors (Lipinski definition) is 4. The van der Waals surface area contributed by atoms with Gasteiger partial charge in [-0.1, -0.05) is 6.42 Å². The zero-order valence-electron chi connectivity index (χ0n) is 18.1. The first-order valence-electron chi connectivity index (χ1n) is 10.6. The van der Waals surface area contributed by atoms with Gasteiger partial charge in [0, 0.05) is 38.8 Å². The number of aliphatic imine (C=N–C) groups is 1. The molecule has 0 aromatic carbocycles. The maximum absolute atomic E-state index is 4.40. The molecule has 2 fully saturated rings. The van der Waals surface area contributed by atoms with E-state index >= 15 is 0 Å². The highest BCUT2D eigenvalue weighted by Gasteiger charge is 2.27. The van der Waals surface area contributed by atoms with Crippen molar-refractivity contribution in [3.63, 3.8) is 0 Å². The molecule has 0 saturated carbocycles. The van der Waals surface area contributed by atoms with Gasteiger partial charge >= 0.3 is 0 Å². The Labute approximate surface area is 184 Å². The molecule has 0 aliphatic carbocycles. The molecule has 0 spiro atoms. The molecule has 2 rings (SSSR count). The summed E-state index contributed by atoms with van der Waals surface area (Å²) >= 11 is 0. The average molecular weight is 495 g/mol. The second-order valence-corrected chi connectivity index (χ2v) is 8.56. The third kappa shape index (κ3) is 9.28. The number of halogens is 1. The van der Waals surface area contributed by atoms with E-state index < -0.39 is 0 Å². The summed E-state index contributed by atoms with van der Waals surface area (Å²) in [5.41, 5.74) is 0.177. The fourth-order valence-corrected chi connectivity index (χ4v) is 3.96. The first-order chi connectivity index (χ1) is 12.5. The van der Waals surface area contributed by atoms with Gasteiger partial charge < -0.3 is 20.4 Å². The minimum atomic E-state index is 0. The molecule has 0 aromatic rings. The summed E-state index contributed by atoms with van der Waals surface area (Å²) in [7, 11) is 4.10. The molecule has 0 unspecified atom stereocenters. The van der Waals surface area contributed by atoms with Gasteiger partial charge in [-0.15, -0.1) is 24.0 Å². The van der Waals surface area contributed by atoms with Gasteiger partial charge in [-0.05, 0) is 79.3 Å². The van der Waals surface area contributed by atoms with E-state index in [1.165, 1.54) is 77.9 Å². The maximum Gasteiger partial charge on any atom is 0.191 e. The Morgan fingerprint density at radius 1 is 0.926 bits per heavy atom. The van der Waals surface area contributed by atoms with Crippen molar-refractivity contribution in [2.75, 3.05) is 73.0 Å². The van der Waals surface area contributed by atoms with E-state index in [0.29, 0.717) is 0 Å². The van der Waals surface area contributed by atoms with Crippen LogP contribution in [0.2, 0.25) is 0 Å². The molecule has 160 valence electrons. The van der Waals surface area contributed by atoms with Crippen molar-refractivity contribution in [1.82, 2.24) is 25.3 Å². The van der Waals surface area contributed by atoms with Crippen molar-refractivity contribution >= 4 is 29.9 Å².